The van der Waals surface area contributed by atoms with Crippen molar-refractivity contribution in [2.24, 2.45) is 0 Å². The summed E-state index contributed by atoms with van der Waals surface area (Å²) in [6.45, 7) is 6.24. The van der Waals surface area contributed by atoms with Crippen molar-refractivity contribution in [2.75, 3.05) is 0 Å². The Bertz CT molecular complexity index is 1080. The highest BCUT2D eigenvalue weighted by Crippen LogP contribution is 2.20. The second-order valence-corrected chi connectivity index (χ2v) is 10.5. The van der Waals surface area contributed by atoms with Crippen LogP contribution in [-0.4, -0.2) is 28.3 Å². The van der Waals surface area contributed by atoms with Gasteiger partial charge in [0.1, 0.15) is 6.04 Å². The van der Waals surface area contributed by atoms with Gasteiger partial charge >= 0.3 is 0 Å². The summed E-state index contributed by atoms with van der Waals surface area (Å²) in [7, 11) is 0. The van der Waals surface area contributed by atoms with Crippen LogP contribution in [0.15, 0.2) is 89.4 Å². The molecule has 0 radical (unpaired) electrons. The Hall–Kier alpha value is -2.92. The fraction of sp³-hybridized carbons (Fsp3) is 0.310. The summed E-state index contributed by atoms with van der Waals surface area (Å²) < 4.78 is 0.945. The fourth-order valence-corrected chi connectivity index (χ4v) is 4.33. The normalized spacial score (nSPS) is 12.1. The highest BCUT2D eigenvalue weighted by Gasteiger charge is 2.32. The Morgan fingerprint density at radius 1 is 0.853 bits per heavy atom. The molecular weight excluding hydrogens is 488 g/mol. The lowest BCUT2D eigenvalue weighted by Crippen LogP contribution is -2.54. The van der Waals surface area contributed by atoms with E-state index in [0.29, 0.717) is 25.8 Å². The van der Waals surface area contributed by atoms with Crippen LogP contribution < -0.4 is 5.32 Å². The van der Waals surface area contributed by atoms with Crippen LogP contribution in [-0.2, 0) is 29.0 Å². The van der Waals surface area contributed by atoms with Gasteiger partial charge in [0.05, 0.1) is 0 Å². The van der Waals surface area contributed by atoms with Crippen LogP contribution in [0.3, 0.4) is 0 Å². The third-order valence-electron chi connectivity index (χ3n) is 5.48. The smallest absolute Gasteiger partial charge is 0.243 e. The standard InChI is InChI=1S/C29H33BrN2O2/c1-29(2,3)31-28(34)26(20-23-13-8-5-9-14-23)32(21-24-15-10-16-25(30)19-24)27(33)18-17-22-11-6-4-7-12-22/h4-16,19,26H,17-18,20-21H2,1-3H3,(H,31,34). The number of benzene rings is 3. The van der Waals surface area contributed by atoms with Crippen molar-refractivity contribution in [2.45, 2.75) is 58.2 Å². The summed E-state index contributed by atoms with van der Waals surface area (Å²) in [6, 6.07) is 27.1. The molecule has 0 saturated carbocycles. The highest BCUT2D eigenvalue weighted by molar-refractivity contribution is 9.10. The van der Waals surface area contributed by atoms with Gasteiger partial charge in [-0.15, -0.1) is 0 Å². The number of carbonyl (C=O) groups excluding carboxylic acids is 2. The molecule has 0 fully saturated rings. The molecule has 0 spiro atoms. The lowest BCUT2D eigenvalue weighted by molar-refractivity contribution is -0.141. The van der Waals surface area contributed by atoms with E-state index in [-0.39, 0.29) is 11.8 Å². The third kappa shape index (κ3) is 8.14. The quantitative estimate of drug-likeness (QED) is 0.379. The van der Waals surface area contributed by atoms with E-state index >= 15 is 0 Å². The molecule has 1 atom stereocenters. The molecule has 1 N–H and O–H groups in total. The van der Waals surface area contributed by atoms with Crippen LogP contribution in [0.5, 0.6) is 0 Å². The first kappa shape index (κ1) is 25.7. The molecule has 0 aliphatic carbocycles. The molecule has 3 aromatic rings. The number of hydrogen-bond donors (Lipinski definition) is 1. The minimum atomic E-state index is -0.621. The molecule has 0 heterocycles. The van der Waals surface area contributed by atoms with Crippen LogP contribution in [0.4, 0.5) is 0 Å². The minimum absolute atomic E-state index is 0.0335. The van der Waals surface area contributed by atoms with E-state index in [1.165, 1.54) is 0 Å². The van der Waals surface area contributed by atoms with Crippen LogP contribution in [0.1, 0.15) is 43.9 Å². The van der Waals surface area contributed by atoms with E-state index in [1.54, 1.807) is 4.90 Å². The van der Waals surface area contributed by atoms with Crippen LogP contribution in [0.25, 0.3) is 0 Å². The molecule has 0 saturated heterocycles. The van der Waals surface area contributed by atoms with Crippen molar-refractivity contribution < 1.29 is 9.59 Å². The Labute approximate surface area is 211 Å². The molecule has 0 bridgehead atoms. The number of hydrogen-bond acceptors (Lipinski definition) is 2. The average molecular weight is 521 g/mol. The SMILES string of the molecule is CC(C)(C)NC(=O)C(Cc1ccccc1)N(Cc1cccc(Br)c1)C(=O)CCc1ccccc1. The van der Waals surface area contributed by atoms with Gasteiger partial charge in [-0.3, -0.25) is 9.59 Å². The van der Waals surface area contributed by atoms with Gasteiger partial charge in [-0.2, -0.15) is 0 Å². The van der Waals surface area contributed by atoms with Crippen molar-refractivity contribution in [1.29, 1.82) is 0 Å². The zero-order chi connectivity index (χ0) is 24.6. The number of aryl methyl sites for hydroxylation is 1. The average Bonchev–Trinajstić information content (AvgIpc) is 2.80. The predicted octanol–water partition coefficient (Wildman–Crippen LogP) is 5.94. The number of nitrogens with zero attached hydrogens (tertiary/aromatic N) is 1. The van der Waals surface area contributed by atoms with E-state index in [4.69, 9.17) is 0 Å². The number of amides is 2. The first-order valence-electron chi connectivity index (χ1n) is 11.6. The topological polar surface area (TPSA) is 49.4 Å². The first-order chi connectivity index (χ1) is 16.2. The summed E-state index contributed by atoms with van der Waals surface area (Å²) in [5, 5.41) is 3.10. The minimum Gasteiger partial charge on any atom is -0.350 e. The van der Waals surface area contributed by atoms with Gasteiger partial charge in [0.2, 0.25) is 11.8 Å². The Morgan fingerprint density at radius 3 is 2.03 bits per heavy atom. The third-order valence-corrected chi connectivity index (χ3v) is 5.97. The first-order valence-corrected chi connectivity index (χ1v) is 12.4. The van der Waals surface area contributed by atoms with E-state index in [9.17, 15) is 9.59 Å². The molecule has 3 aromatic carbocycles. The molecule has 0 aliphatic rings. The Balaban J connectivity index is 1.92. The number of halogens is 1. The second-order valence-electron chi connectivity index (χ2n) is 9.58. The van der Waals surface area contributed by atoms with Gasteiger partial charge in [-0.1, -0.05) is 88.7 Å². The van der Waals surface area contributed by atoms with Crippen LogP contribution >= 0.6 is 15.9 Å². The molecule has 2 amide bonds. The van der Waals surface area contributed by atoms with E-state index < -0.39 is 11.6 Å². The van der Waals surface area contributed by atoms with E-state index in [1.807, 2.05) is 106 Å². The molecule has 4 nitrogen and oxygen atoms in total. The van der Waals surface area contributed by atoms with Gasteiger partial charge in [0, 0.05) is 29.4 Å². The van der Waals surface area contributed by atoms with Gasteiger partial charge in [0.15, 0.2) is 0 Å². The summed E-state index contributed by atoms with van der Waals surface area (Å²) >= 11 is 3.53. The maximum Gasteiger partial charge on any atom is 0.243 e. The molecule has 5 heteroatoms. The van der Waals surface area contributed by atoms with E-state index in [0.717, 1.165) is 21.2 Å². The lowest BCUT2D eigenvalue weighted by Gasteiger charge is -2.34. The van der Waals surface area contributed by atoms with Gasteiger partial charge in [-0.05, 0) is 56.0 Å². The van der Waals surface area contributed by atoms with Gasteiger partial charge in [0.25, 0.3) is 0 Å². The summed E-state index contributed by atoms with van der Waals surface area (Å²) in [6.07, 6.45) is 1.42. The summed E-state index contributed by atoms with van der Waals surface area (Å²) in [5.41, 5.74) is 2.70. The number of carbonyl (C=O) groups is 2. The van der Waals surface area contributed by atoms with Crippen LogP contribution in [0, 0.1) is 0 Å². The number of nitrogens with one attached hydrogen (secondary N) is 1. The van der Waals surface area contributed by atoms with Crippen molar-refractivity contribution in [3.8, 4) is 0 Å². The Kier molecular flexibility index (Phi) is 9.05. The van der Waals surface area contributed by atoms with E-state index in [2.05, 4.69) is 21.2 Å². The van der Waals surface area contributed by atoms with Crippen molar-refractivity contribution in [1.82, 2.24) is 10.2 Å². The zero-order valence-electron chi connectivity index (χ0n) is 20.1. The van der Waals surface area contributed by atoms with Crippen molar-refractivity contribution in [3.05, 3.63) is 106 Å². The van der Waals surface area contributed by atoms with Gasteiger partial charge < -0.3 is 10.2 Å². The monoisotopic (exact) mass is 520 g/mol. The largest absolute Gasteiger partial charge is 0.350 e. The summed E-state index contributed by atoms with van der Waals surface area (Å²) in [5.74, 6) is -0.173. The molecule has 34 heavy (non-hydrogen) atoms. The molecule has 0 aromatic heterocycles. The lowest BCUT2D eigenvalue weighted by atomic mass is 10.00. The molecule has 0 aliphatic heterocycles. The second kappa shape index (κ2) is 12.0. The van der Waals surface area contributed by atoms with Crippen LogP contribution in [0.2, 0.25) is 0 Å². The maximum atomic E-state index is 13.6. The summed E-state index contributed by atoms with van der Waals surface area (Å²) in [4.78, 5) is 28.9. The highest BCUT2D eigenvalue weighted by atomic mass is 79.9. The molecule has 3 rings (SSSR count). The fourth-order valence-electron chi connectivity index (χ4n) is 3.88. The molecule has 178 valence electrons. The van der Waals surface area contributed by atoms with Gasteiger partial charge in [-0.25, -0.2) is 0 Å². The predicted molar refractivity (Wildman–Crippen MR) is 141 cm³/mol. The maximum absolute atomic E-state index is 13.6. The molecular formula is C29H33BrN2O2. The Morgan fingerprint density at radius 2 is 1.44 bits per heavy atom. The molecule has 1 unspecified atom stereocenters. The van der Waals surface area contributed by atoms with Crippen molar-refractivity contribution >= 4 is 27.7 Å². The zero-order valence-corrected chi connectivity index (χ0v) is 21.7. The van der Waals surface area contributed by atoms with Crippen molar-refractivity contribution in [3.63, 3.8) is 0 Å². The number of rotatable bonds is 9.